The minimum Gasteiger partial charge on any atom is -0.484 e. The summed E-state index contributed by atoms with van der Waals surface area (Å²) in [5.41, 5.74) is 3.27. The Kier molecular flexibility index (Phi) is 7.36. The molecule has 2 heterocycles. The smallest absolute Gasteiger partial charge is 0.266 e. The van der Waals surface area contributed by atoms with Gasteiger partial charge in [0.05, 0.1) is 11.4 Å². The SMILES string of the molecule is Cc1ccc(Cl)cc1NC(=O)COc1ccc(/C=C2\SC(=S)N(Cc3ccc4c(c3)OCO4)C2=O)cc1. The lowest BCUT2D eigenvalue weighted by molar-refractivity contribution is -0.122. The fourth-order valence-corrected chi connectivity index (χ4v) is 5.16. The van der Waals surface area contributed by atoms with E-state index < -0.39 is 0 Å². The Morgan fingerprint density at radius 1 is 1.14 bits per heavy atom. The molecule has 2 aliphatic heterocycles. The minimum absolute atomic E-state index is 0.149. The topological polar surface area (TPSA) is 77.1 Å². The van der Waals surface area contributed by atoms with Crippen molar-refractivity contribution in [1.29, 1.82) is 0 Å². The number of ether oxygens (including phenoxy) is 3. The van der Waals surface area contributed by atoms with Crippen LogP contribution in [0.25, 0.3) is 6.08 Å². The Labute approximate surface area is 228 Å². The molecule has 2 aliphatic rings. The van der Waals surface area contributed by atoms with Gasteiger partial charge in [-0.25, -0.2) is 0 Å². The number of halogens is 1. The fourth-order valence-electron chi connectivity index (χ4n) is 3.73. The van der Waals surface area contributed by atoms with Crippen molar-refractivity contribution in [3.8, 4) is 17.2 Å². The van der Waals surface area contributed by atoms with Crippen LogP contribution < -0.4 is 19.5 Å². The molecule has 5 rings (SSSR count). The molecule has 7 nitrogen and oxygen atoms in total. The lowest BCUT2D eigenvalue weighted by Gasteiger charge is -2.14. The van der Waals surface area contributed by atoms with Crippen LogP contribution >= 0.6 is 35.6 Å². The number of fused-ring (bicyclic) bond motifs is 1. The molecule has 0 saturated carbocycles. The van der Waals surface area contributed by atoms with Crippen LogP contribution in [-0.4, -0.2) is 34.4 Å². The van der Waals surface area contributed by atoms with Crippen LogP contribution in [0.15, 0.2) is 65.6 Å². The molecule has 1 N–H and O–H groups in total. The van der Waals surface area contributed by atoms with Crippen molar-refractivity contribution in [2.24, 2.45) is 0 Å². The predicted octanol–water partition coefficient (Wildman–Crippen LogP) is 5.80. The van der Waals surface area contributed by atoms with E-state index in [-0.39, 0.29) is 25.2 Å². The number of carbonyl (C=O) groups excluding carboxylic acids is 2. The van der Waals surface area contributed by atoms with Crippen molar-refractivity contribution >= 4 is 63.5 Å². The highest BCUT2D eigenvalue weighted by molar-refractivity contribution is 8.26. The van der Waals surface area contributed by atoms with Crippen molar-refractivity contribution in [3.05, 3.63) is 87.3 Å². The maximum atomic E-state index is 13.0. The molecule has 0 spiro atoms. The highest BCUT2D eigenvalue weighted by Gasteiger charge is 2.32. The number of carbonyl (C=O) groups is 2. The average Bonchev–Trinajstić information content (AvgIpc) is 3.45. The first kappa shape index (κ1) is 25.1. The Bertz CT molecular complexity index is 1420. The number of benzene rings is 3. The fraction of sp³-hybridized carbons (Fsp3) is 0.148. The molecule has 37 heavy (non-hydrogen) atoms. The second-order valence-electron chi connectivity index (χ2n) is 8.32. The largest absolute Gasteiger partial charge is 0.484 e. The van der Waals surface area contributed by atoms with Crippen LogP contribution in [0, 0.1) is 6.92 Å². The van der Waals surface area contributed by atoms with Gasteiger partial charge in [-0.1, -0.05) is 59.8 Å². The monoisotopic (exact) mass is 552 g/mol. The molecule has 1 fully saturated rings. The molecule has 1 saturated heterocycles. The van der Waals surface area contributed by atoms with Crippen molar-refractivity contribution in [1.82, 2.24) is 4.90 Å². The summed E-state index contributed by atoms with van der Waals surface area (Å²) in [4.78, 5) is 27.4. The van der Waals surface area contributed by atoms with Crippen LogP contribution in [0.1, 0.15) is 16.7 Å². The summed E-state index contributed by atoms with van der Waals surface area (Å²) in [6.07, 6.45) is 1.79. The van der Waals surface area contributed by atoms with Crippen molar-refractivity contribution < 1.29 is 23.8 Å². The van der Waals surface area contributed by atoms with Crippen molar-refractivity contribution in [2.45, 2.75) is 13.5 Å². The average molecular weight is 553 g/mol. The van der Waals surface area contributed by atoms with Gasteiger partial charge < -0.3 is 19.5 Å². The number of thioether (sulfide) groups is 1. The van der Waals surface area contributed by atoms with Gasteiger partial charge in [-0.15, -0.1) is 0 Å². The zero-order valence-corrected chi connectivity index (χ0v) is 22.0. The number of hydrogen-bond donors (Lipinski definition) is 1. The van der Waals surface area contributed by atoms with Gasteiger partial charge in [0.1, 0.15) is 10.1 Å². The van der Waals surface area contributed by atoms with E-state index in [1.807, 2.05) is 43.3 Å². The first-order chi connectivity index (χ1) is 17.9. The summed E-state index contributed by atoms with van der Waals surface area (Å²) in [5, 5.41) is 3.34. The van der Waals surface area contributed by atoms with Crippen LogP contribution in [-0.2, 0) is 16.1 Å². The molecule has 3 aromatic rings. The molecule has 10 heteroatoms. The lowest BCUT2D eigenvalue weighted by Crippen LogP contribution is -2.27. The second-order valence-corrected chi connectivity index (χ2v) is 10.4. The highest BCUT2D eigenvalue weighted by Crippen LogP contribution is 2.36. The van der Waals surface area contributed by atoms with Crippen LogP contribution in [0.2, 0.25) is 5.02 Å². The molecule has 2 amide bonds. The number of thiocarbonyl (C=S) groups is 1. The summed E-state index contributed by atoms with van der Waals surface area (Å²) in [6, 6.07) is 18.0. The van der Waals surface area contributed by atoms with Crippen LogP contribution in [0.5, 0.6) is 17.2 Å². The standard InChI is InChI=1S/C27H21ClN2O5S2/c1-16-2-6-19(28)12-21(16)29-25(31)14-33-20-7-3-17(4-8-20)11-24-26(32)30(27(36)37-24)13-18-5-9-22-23(10-18)35-15-34-22/h2-12H,13-15H2,1H3,(H,29,31)/b24-11-. The van der Waals surface area contributed by atoms with Crippen LogP contribution in [0.4, 0.5) is 5.69 Å². The highest BCUT2D eigenvalue weighted by atomic mass is 35.5. The second kappa shape index (κ2) is 10.8. The molecule has 0 bridgehead atoms. The summed E-state index contributed by atoms with van der Waals surface area (Å²) >= 11 is 12.7. The number of aryl methyl sites for hydroxylation is 1. The number of nitrogens with one attached hydrogen (secondary N) is 1. The third-order valence-electron chi connectivity index (χ3n) is 5.67. The molecule has 3 aromatic carbocycles. The Hall–Kier alpha value is -3.53. The molecule has 188 valence electrons. The molecular formula is C27H21ClN2O5S2. The van der Waals surface area contributed by atoms with E-state index in [1.165, 1.54) is 11.8 Å². The molecule has 0 aromatic heterocycles. The number of amides is 2. The first-order valence-corrected chi connectivity index (χ1v) is 12.9. The summed E-state index contributed by atoms with van der Waals surface area (Å²) < 4.78 is 16.9. The van der Waals surface area contributed by atoms with Gasteiger partial charge in [-0.05, 0) is 66.1 Å². The lowest BCUT2D eigenvalue weighted by atomic mass is 10.2. The first-order valence-electron chi connectivity index (χ1n) is 11.3. The molecule has 0 aliphatic carbocycles. The molecule has 0 radical (unpaired) electrons. The number of hydrogen-bond acceptors (Lipinski definition) is 7. The predicted molar refractivity (Wildman–Crippen MR) is 148 cm³/mol. The van der Waals surface area contributed by atoms with Gasteiger partial charge in [0.25, 0.3) is 11.8 Å². The quantitative estimate of drug-likeness (QED) is 0.293. The number of rotatable bonds is 7. The van der Waals surface area contributed by atoms with E-state index in [4.69, 9.17) is 38.0 Å². The zero-order valence-electron chi connectivity index (χ0n) is 19.7. The van der Waals surface area contributed by atoms with E-state index in [1.54, 1.807) is 35.2 Å². The molecular weight excluding hydrogens is 532 g/mol. The van der Waals surface area contributed by atoms with Gasteiger partial charge >= 0.3 is 0 Å². The van der Waals surface area contributed by atoms with E-state index in [0.29, 0.717) is 43.7 Å². The Morgan fingerprint density at radius 2 is 1.92 bits per heavy atom. The third-order valence-corrected chi connectivity index (χ3v) is 7.29. The van der Waals surface area contributed by atoms with Gasteiger partial charge in [0, 0.05) is 10.7 Å². The summed E-state index contributed by atoms with van der Waals surface area (Å²) in [7, 11) is 0. The van der Waals surface area contributed by atoms with Gasteiger partial charge in [-0.2, -0.15) is 0 Å². The normalized spacial score (nSPS) is 15.4. The van der Waals surface area contributed by atoms with Crippen molar-refractivity contribution in [2.75, 3.05) is 18.7 Å². The summed E-state index contributed by atoms with van der Waals surface area (Å²) in [6.45, 7) is 2.28. The maximum absolute atomic E-state index is 13.0. The van der Waals surface area contributed by atoms with Gasteiger partial charge in [0.15, 0.2) is 18.1 Å². The van der Waals surface area contributed by atoms with E-state index in [0.717, 1.165) is 16.7 Å². The zero-order chi connectivity index (χ0) is 25.9. The maximum Gasteiger partial charge on any atom is 0.266 e. The minimum atomic E-state index is -0.291. The van der Waals surface area contributed by atoms with E-state index in [2.05, 4.69) is 5.32 Å². The van der Waals surface area contributed by atoms with Crippen molar-refractivity contribution in [3.63, 3.8) is 0 Å². The van der Waals surface area contributed by atoms with Crippen LogP contribution in [0.3, 0.4) is 0 Å². The van der Waals surface area contributed by atoms with Gasteiger partial charge in [0.2, 0.25) is 6.79 Å². The summed E-state index contributed by atoms with van der Waals surface area (Å²) in [5.74, 6) is 1.45. The Balaban J connectivity index is 1.18. The third kappa shape index (κ3) is 5.90. The molecule has 0 atom stereocenters. The van der Waals surface area contributed by atoms with E-state index in [9.17, 15) is 9.59 Å². The Morgan fingerprint density at radius 3 is 2.73 bits per heavy atom. The van der Waals surface area contributed by atoms with Gasteiger partial charge in [-0.3, -0.25) is 14.5 Å². The number of nitrogens with zero attached hydrogens (tertiary/aromatic N) is 1. The van der Waals surface area contributed by atoms with E-state index >= 15 is 0 Å². The number of anilines is 1. The molecule has 0 unspecified atom stereocenters.